The Kier molecular flexibility index (Phi) is 4.84. The van der Waals surface area contributed by atoms with Crippen molar-refractivity contribution in [1.82, 2.24) is 0 Å². The number of para-hydroxylation sites is 2. The molecule has 0 atom stereocenters. The fourth-order valence-corrected chi connectivity index (χ4v) is 3.19. The number of hydrogen-bond acceptors (Lipinski definition) is 3. The van der Waals surface area contributed by atoms with Gasteiger partial charge in [-0.2, -0.15) is 0 Å². The van der Waals surface area contributed by atoms with Gasteiger partial charge >= 0.3 is 0 Å². The van der Waals surface area contributed by atoms with Crippen molar-refractivity contribution < 1.29 is 17.5 Å². The van der Waals surface area contributed by atoms with E-state index < -0.39 is 20.7 Å². The van der Waals surface area contributed by atoms with E-state index in [0.29, 0.717) is 16.8 Å². The van der Waals surface area contributed by atoms with Gasteiger partial charge in [0.2, 0.25) is 0 Å². The lowest BCUT2D eigenvalue weighted by atomic mass is 10.3. The Balaban J connectivity index is 2.38. The largest absolute Gasteiger partial charge is 0.492 e. The second-order valence-corrected chi connectivity index (χ2v) is 6.68. The van der Waals surface area contributed by atoms with Crippen LogP contribution in [0.1, 0.15) is 6.92 Å². The van der Waals surface area contributed by atoms with E-state index in [9.17, 15) is 12.8 Å². The van der Waals surface area contributed by atoms with Gasteiger partial charge in [0, 0.05) is 4.47 Å². The van der Waals surface area contributed by atoms with Crippen molar-refractivity contribution in [3.63, 3.8) is 0 Å². The van der Waals surface area contributed by atoms with E-state index in [0.717, 1.165) is 6.07 Å². The zero-order chi connectivity index (χ0) is 15.5. The Morgan fingerprint density at radius 2 is 1.95 bits per heavy atom. The third-order valence-corrected chi connectivity index (χ3v) is 4.51. The van der Waals surface area contributed by atoms with E-state index in [2.05, 4.69) is 20.7 Å². The summed E-state index contributed by atoms with van der Waals surface area (Å²) in [7, 11) is -4.03. The smallest absolute Gasteiger partial charge is 0.264 e. The van der Waals surface area contributed by atoms with Crippen LogP contribution in [0.15, 0.2) is 51.8 Å². The number of ether oxygens (including phenoxy) is 1. The summed E-state index contributed by atoms with van der Waals surface area (Å²) in [5, 5.41) is 0. The molecule has 0 aliphatic rings. The molecule has 4 nitrogen and oxygen atoms in total. The third kappa shape index (κ3) is 3.74. The first-order valence-corrected chi connectivity index (χ1v) is 8.41. The van der Waals surface area contributed by atoms with Gasteiger partial charge in [0.05, 0.1) is 12.3 Å². The minimum atomic E-state index is -4.03. The van der Waals surface area contributed by atoms with E-state index in [1.165, 1.54) is 12.1 Å². The lowest BCUT2D eigenvalue weighted by Gasteiger charge is -2.13. The number of anilines is 1. The zero-order valence-electron chi connectivity index (χ0n) is 11.1. The monoisotopic (exact) mass is 373 g/mol. The van der Waals surface area contributed by atoms with Gasteiger partial charge < -0.3 is 4.74 Å². The highest BCUT2D eigenvalue weighted by Gasteiger charge is 2.20. The molecule has 0 spiro atoms. The maximum Gasteiger partial charge on any atom is 0.264 e. The van der Waals surface area contributed by atoms with Crippen molar-refractivity contribution >= 4 is 31.6 Å². The number of hydrogen-bond donors (Lipinski definition) is 1. The summed E-state index contributed by atoms with van der Waals surface area (Å²) in [6, 6.07) is 10.3. The van der Waals surface area contributed by atoms with Crippen LogP contribution >= 0.6 is 15.9 Å². The number of rotatable bonds is 5. The summed E-state index contributed by atoms with van der Waals surface area (Å²) in [6.07, 6.45) is 0. The average molecular weight is 374 g/mol. The fourth-order valence-electron chi connectivity index (χ4n) is 1.73. The highest BCUT2D eigenvalue weighted by atomic mass is 79.9. The van der Waals surface area contributed by atoms with E-state index in [-0.39, 0.29) is 5.69 Å². The standard InChI is InChI=1S/C14H13BrFNO3S/c1-2-20-13-6-4-3-5-12(13)17-21(18,19)14-8-7-10(15)9-11(14)16/h3-9,17H,2H2,1H3. The average Bonchev–Trinajstić information content (AvgIpc) is 2.40. The van der Waals surface area contributed by atoms with Gasteiger partial charge in [-0.05, 0) is 37.3 Å². The molecule has 2 aromatic carbocycles. The van der Waals surface area contributed by atoms with E-state index in [4.69, 9.17) is 4.74 Å². The molecule has 0 unspecified atom stereocenters. The lowest BCUT2D eigenvalue weighted by Crippen LogP contribution is -2.15. The molecule has 2 rings (SSSR count). The van der Waals surface area contributed by atoms with Gasteiger partial charge in [0.25, 0.3) is 10.0 Å². The Bertz CT molecular complexity index is 750. The van der Waals surface area contributed by atoms with E-state index in [1.54, 1.807) is 31.2 Å². The van der Waals surface area contributed by atoms with Crippen molar-refractivity contribution in [3.05, 3.63) is 52.8 Å². The molecule has 1 N–H and O–H groups in total. The molecule has 21 heavy (non-hydrogen) atoms. The van der Waals surface area contributed by atoms with Crippen LogP contribution in [0.25, 0.3) is 0 Å². The molecular weight excluding hydrogens is 361 g/mol. The number of benzene rings is 2. The van der Waals surface area contributed by atoms with Crippen molar-refractivity contribution in [1.29, 1.82) is 0 Å². The molecule has 7 heteroatoms. The highest BCUT2D eigenvalue weighted by Crippen LogP contribution is 2.28. The molecule has 2 aromatic rings. The fraction of sp³-hybridized carbons (Fsp3) is 0.143. The SMILES string of the molecule is CCOc1ccccc1NS(=O)(=O)c1ccc(Br)cc1F. The van der Waals surface area contributed by atoms with E-state index >= 15 is 0 Å². The van der Waals surface area contributed by atoms with Crippen LogP contribution in [0.2, 0.25) is 0 Å². The van der Waals surface area contributed by atoms with Crippen molar-refractivity contribution in [3.8, 4) is 5.75 Å². The highest BCUT2D eigenvalue weighted by molar-refractivity contribution is 9.10. The second-order valence-electron chi connectivity index (χ2n) is 4.11. The van der Waals surface area contributed by atoms with Crippen LogP contribution in [0.4, 0.5) is 10.1 Å². The maximum atomic E-state index is 13.8. The molecule has 0 aliphatic heterocycles. The van der Waals surface area contributed by atoms with Gasteiger partial charge in [-0.1, -0.05) is 28.1 Å². The zero-order valence-corrected chi connectivity index (χ0v) is 13.5. The Labute approximate surface area is 131 Å². The molecule has 112 valence electrons. The van der Waals surface area contributed by atoms with Crippen LogP contribution in [0, 0.1) is 5.82 Å². The van der Waals surface area contributed by atoms with Crippen molar-refractivity contribution in [2.24, 2.45) is 0 Å². The Hall–Kier alpha value is -1.60. The maximum absolute atomic E-state index is 13.8. The molecular formula is C14H13BrFNO3S. The number of halogens is 2. The third-order valence-electron chi connectivity index (χ3n) is 2.61. The van der Waals surface area contributed by atoms with Crippen LogP contribution in [0.5, 0.6) is 5.75 Å². The summed E-state index contributed by atoms with van der Waals surface area (Å²) >= 11 is 3.09. The summed E-state index contributed by atoms with van der Waals surface area (Å²) < 4.78 is 46.5. The molecule has 0 heterocycles. The predicted octanol–water partition coefficient (Wildman–Crippen LogP) is 3.79. The first-order valence-electron chi connectivity index (χ1n) is 6.13. The first-order chi connectivity index (χ1) is 9.94. The van der Waals surface area contributed by atoms with Gasteiger partial charge in [-0.25, -0.2) is 12.8 Å². The van der Waals surface area contributed by atoms with E-state index in [1.807, 2.05) is 0 Å². The molecule has 0 amide bonds. The quantitative estimate of drug-likeness (QED) is 0.867. The van der Waals surface area contributed by atoms with Gasteiger partial charge in [-0.15, -0.1) is 0 Å². The summed E-state index contributed by atoms with van der Waals surface area (Å²) in [4.78, 5) is -0.419. The second kappa shape index (κ2) is 6.44. The molecule has 0 saturated carbocycles. The molecule has 0 bridgehead atoms. The van der Waals surface area contributed by atoms with Crippen LogP contribution in [0.3, 0.4) is 0 Å². The molecule has 0 radical (unpaired) electrons. The molecule has 0 saturated heterocycles. The normalized spacial score (nSPS) is 11.2. The van der Waals surface area contributed by atoms with Crippen LogP contribution in [-0.4, -0.2) is 15.0 Å². The predicted molar refractivity (Wildman–Crippen MR) is 82.5 cm³/mol. The molecule has 0 fully saturated rings. The summed E-state index contributed by atoms with van der Waals surface area (Å²) in [6.45, 7) is 2.19. The molecule has 0 aromatic heterocycles. The van der Waals surface area contributed by atoms with Gasteiger partial charge in [-0.3, -0.25) is 4.72 Å². The minimum Gasteiger partial charge on any atom is -0.492 e. The lowest BCUT2D eigenvalue weighted by molar-refractivity contribution is 0.342. The Morgan fingerprint density at radius 1 is 1.24 bits per heavy atom. The summed E-state index contributed by atoms with van der Waals surface area (Å²) in [5.41, 5.74) is 0.265. The topological polar surface area (TPSA) is 55.4 Å². The number of nitrogens with one attached hydrogen (secondary N) is 1. The minimum absolute atomic E-state index is 0.265. The van der Waals surface area contributed by atoms with Crippen molar-refractivity contribution in [2.45, 2.75) is 11.8 Å². The van der Waals surface area contributed by atoms with Crippen molar-refractivity contribution in [2.75, 3.05) is 11.3 Å². The Morgan fingerprint density at radius 3 is 2.62 bits per heavy atom. The van der Waals surface area contributed by atoms with Gasteiger partial charge in [0.1, 0.15) is 16.5 Å². The van der Waals surface area contributed by atoms with Crippen LogP contribution in [-0.2, 0) is 10.0 Å². The first kappa shape index (κ1) is 15.8. The van der Waals surface area contributed by atoms with Gasteiger partial charge in [0.15, 0.2) is 0 Å². The summed E-state index contributed by atoms with van der Waals surface area (Å²) in [5.74, 6) is -0.438. The number of sulfonamides is 1. The molecule has 0 aliphatic carbocycles. The van der Waals surface area contributed by atoms with Crippen LogP contribution < -0.4 is 9.46 Å².